The highest BCUT2D eigenvalue weighted by Gasteiger charge is 2.33. The number of likely N-dealkylation sites (tertiary alicyclic amines) is 2. The maximum Gasteiger partial charge on any atom is 0.416 e. The molecule has 0 saturated carbocycles. The van der Waals surface area contributed by atoms with Crippen LogP contribution in [-0.4, -0.2) is 60.9 Å². The van der Waals surface area contributed by atoms with E-state index in [0.717, 1.165) is 38.1 Å². The van der Waals surface area contributed by atoms with Gasteiger partial charge in [0.2, 0.25) is 5.91 Å². The summed E-state index contributed by atoms with van der Waals surface area (Å²) in [6, 6.07) is 4.62. The molecule has 2 amide bonds. The van der Waals surface area contributed by atoms with Crippen molar-refractivity contribution in [2.24, 2.45) is 5.92 Å². The van der Waals surface area contributed by atoms with Gasteiger partial charge >= 0.3 is 6.18 Å². The molecule has 2 heterocycles. The Kier molecular flexibility index (Phi) is 6.27. The average molecular weight is 397 g/mol. The van der Waals surface area contributed by atoms with Crippen LogP contribution in [0.3, 0.4) is 0 Å². The number of hydrogen-bond donors (Lipinski definition) is 1. The van der Waals surface area contributed by atoms with Crippen molar-refractivity contribution in [2.45, 2.75) is 37.9 Å². The Balaban J connectivity index is 1.54. The van der Waals surface area contributed by atoms with Crippen LogP contribution in [0.15, 0.2) is 24.3 Å². The molecule has 154 valence electrons. The van der Waals surface area contributed by atoms with Crippen LogP contribution in [0.25, 0.3) is 0 Å². The maximum atomic E-state index is 12.8. The van der Waals surface area contributed by atoms with E-state index >= 15 is 0 Å². The van der Waals surface area contributed by atoms with Crippen LogP contribution in [0.4, 0.5) is 13.2 Å². The molecule has 8 heteroatoms. The Labute approximate surface area is 162 Å². The summed E-state index contributed by atoms with van der Waals surface area (Å²) in [5.41, 5.74) is -0.527. The number of piperidine rings is 2. The zero-order chi connectivity index (χ0) is 20.3. The second-order valence-corrected chi connectivity index (χ2v) is 7.55. The molecule has 1 unspecified atom stereocenters. The van der Waals surface area contributed by atoms with Gasteiger partial charge in [0.25, 0.3) is 5.91 Å². The van der Waals surface area contributed by atoms with Gasteiger partial charge in [-0.1, -0.05) is 0 Å². The molecule has 2 aliphatic rings. The number of halogens is 3. The van der Waals surface area contributed by atoms with Crippen LogP contribution in [0.2, 0.25) is 0 Å². The molecule has 1 N–H and O–H groups in total. The molecule has 2 saturated heterocycles. The van der Waals surface area contributed by atoms with Gasteiger partial charge in [0.05, 0.1) is 5.56 Å². The summed E-state index contributed by atoms with van der Waals surface area (Å²) in [7, 11) is 1.91. The fourth-order valence-corrected chi connectivity index (χ4v) is 3.99. The van der Waals surface area contributed by atoms with Gasteiger partial charge in [-0.3, -0.25) is 9.59 Å². The highest BCUT2D eigenvalue weighted by molar-refractivity contribution is 5.94. The molecule has 1 atom stereocenters. The molecule has 0 bridgehead atoms. The van der Waals surface area contributed by atoms with E-state index in [2.05, 4.69) is 5.32 Å². The van der Waals surface area contributed by atoms with Gasteiger partial charge in [-0.25, -0.2) is 0 Å². The lowest BCUT2D eigenvalue weighted by atomic mass is 9.93. The van der Waals surface area contributed by atoms with Crippen LogP contribution >= 0.6 is 0 Å². The number of rotatable bonds is 3. The topological polar surface area (TPSA) is 52.7 Å². The zero-order valence-corrected chi connectivity index (χ0v) is 16.0. The first kappa shape index (κ1) is 20.6. The second-order valence-electron chi connectivity index (χ2n) is 7.55. The van der Waals surface area contributed by atoms with Crippen LogP contribution in [0.5, 0.6) is 0 Å². The van der Waals surface area contributed by atoms with E-state index in [4.69, 9.17) is 0 Å². The lowest BCUT2D eigenvalue weighted by molar-refractivity contribution is -0.138. The first-order valence-corrected chi connectivity index (χ1v) is 9.72. The van der Waals surface area contributed by atoms with E-state index in [1.54, 1.807) is 4.90 Å². The molecule has 0 spiro atoms. The Hall–Kier alpha value is -2.09. The maximum absolute atomic E-state index is 12.8. The van der Waals surface area contributed by atoms with E-state index < -0.39 is 11.7 Å². The largest absolute Gasteiger partial charge is 0.416 e. The molecule has 28 heavy (non-hydrogen) atoms. The van der Waals surface area contributed by atoms with Gasteiger partial charge in [-0.05, 0) is 57.0 Å². The van der Waals surface area contributed by atoms with E-state index in [1.807, 2.05) is 11.9 Å². The molecule has 0 aromatic heterocycles. The molecular formula is C20H26F3N3O2. The Morgan fingerprint density at radius 1 is 1.00 bits per heavy atom. The van der Waals surface area contributed by atoms with Gasteiger partial charge in [0.15, 0.2) is 0 Å². The molecular weight excluding hydrogens is 371 g/mol. The molecule has 0 aliphatic carbocycles. The van der Waals surface area contributed by atoms with Crippen molar-refractivity contribution in [3.63, 3.8) is 0 Å². The smallest absolute Gasteiger partial charge is 0.341 e. The third-order valence-corrected chi connectivity index (χ3v) is 5.73. The fraction of sp³-hybridized carbons (Fsp3) is 0.600. The van der Waals surface area contributed by atoms with Crippen molar-refractivity contribution in [2.75, 3.05) is 33.2 Å². The van der Waals surface area contributed by atoms with Gasteiger partial charge in [-0.15, -0.1) is 0 Å². The minimum absolute atomic E-state index is 0.0905. The first-order valence-electron chi connectivity index (χ1n) is 9.72. The quantitative estimate of drug-likeness (QED) is 0.854. The third kappa shape index (κ3) is 4.66. The minimum atomic E-state index is -4.42. The van der Waals surface area contributed by atoms with Crippen molar-refractivity contribution >= 4 is 11.8 Å². The highest BCUT2D eigenvalue weighted by atomic mass is 19.4. The molecule has 0 radical (unpaired) electrons. The lowest BCUT2D eigenvalue weighted by Crippen LogP contribution is -2.50. The molecule has 3 rings (SSSR count). The number of nitrogens with one attached hydrogen (secondary N) is 1. The van der Waals surface area contributed by atoms with E-state index in [-0.39, 0.29) is 23.3 Å². The summed E-state index contributed by atoms with van der Waals surface area (Å²) in [6.07, 6.45) is -1.18. The predicted octanol–water partition coefficient (Wildman–Crippen LogP) is 2.77. The van der Waals surface area contributed by atoms with Gasteiger partial charge in [-0.2, -0.15) is 13.2 Å². The number of nitrogens with zero attached hydrogens (tertiary/aromatic N) is 2. The Morgan fingerprint density at radius 2 is 1.64 bits per heavy atom. The van der Waals surface area contributed by atoms with Crippen molar-refractivity contribution < 1.29 is 22.8 Å². The third-order valence-electron chi connectivity index (χ3n) is 5.73. The molecule has 1 aromatic carbocycles. The first-order chi connectivity index (χ1) is 13.3. The summed E-state index contributed by atoms with van der Waals surface area (Å²) >= 11 is 0. The SMILES string of the molecule is CNC1CCCN(C(=O)C2CCN(C(=O)c3ccc(C(F)(F)F)cc3)CC2)C1. The average Bonchev–Trinajstić information content (AvgIpc) is 2.72. The molecule has 1 aromatic rings. The van der Waals surface area contributed by atoms with Crippen LogP contribution < -0.4 is 5.32 Å². The fourth-order valence-electron chi connectivity index (χ4n) is 3.99. The Morgan fingerprint density at radius 3 is 2.21 bits per heavy atom. The summed E-state index contributed by atoms with van der Waals surface area (Å²) in [5, 5.41) is 3.23. The summed E-state index contributed by atoms with van der Waals surface area (Å²) < 4.78 is 38.0. The molecule has 2 fully saturated rings. The summed E-state index contributed by atoms with van der Waals surface area (Å²) in [4.78, 5) is 28.9. The number of amides is 2. The number of likely N-dealkylation sites (N-methyl/N-ethyl adjacent to an activating group) is 1. The standard InChI is InChI=1S/C20H26F3N3O2/c1-24-17-3-2-10-26(13-17)19(28)15-8-11-25(12-9-15)18(27)14-4-6-16(7-5-14)20(21,22)23/h4-7,15,17,24H,2-3,8-13H2,1H3. The van der Waals surface area contributed by atoms with Gasteiger partial charge in [0, 0.05) is 43.7 Å². The van der Waals surface area contributed by atoms with Gasteiger partial charge < -0.3 is 15.1 Å². The number of carbonyl (C=O) groups is 2. The van der Waals surface area contributed by atoms with Crippen LogP contribution in [-0.2, 0) is 11.0 Å². The number of alkyl halides is 3. The van der Waals surface area contributed by atoms with Crippen molar-refractivity contribution in [1.82, 2.24) is 15.1 Å². The monoisotopic (exact) mass is 397 g/mol. The Bertz CT molecular complexity index is 698. The normalized spacial score (nSPS) is 21.6. The summed E-state index contributed by atoms with van der Waals surface area (Å²) in [5.74, 6) is -0.221. The second kappa shape index (κ2) is 8.51. The predicted molar refractivity (Wildman–Crippen MR) is 98.7 cm³/mol. The number of carbonyl (C=O) groups excluding carboxylic acids is 2. The zero-order valence-electron chi connectivity index (χ0n) is 16.0. The van der Waals surface area contributed by atoms with Crippen molar-refractivity contribution in [3.8, 4) is 0 Å². The van der Waals surface area contributed by atoms with Crippen LogP contribution in [0, 0.1) is 5.92 Å². The van der Waals surface area contributed by atoms with E-state index in [1.165, 1.54) is 12.1 Å². The number of hydrogen-bond acceptors (Lipinski definition) is 3. The number of benzene rings is 1. The van der Waals surface area contributed by atoms with Crippen LogP contribution in [0.1, 0.15) is 41.6 Å². The van der Waals surface area contributed by atoms with E-state index in [9.17, 15) is 22.8 Å². The lowest BCUT2D eigenvalue weighted by Gasteiger charge is -2.37. The van der Waals surface area contributed by atoms with Gasteiger partial charge in [0.1, 0.15) is 0 Å². The highest BCUT2D eigenvalue weighted by Crippen LogP contribution is 2.29. The van der Waals surface area contributed by atoms with Crippen molar-refractivity contribution in [3.05, 3.63) is 35.4 Å². The summed E-state index contributed by atoms with van der Waals surface area (Å²) in [6.45, 7) is 2.39. The van der Waals surface area contributed by atoms with E-state index in [0.29, 0.717) is 32.0 Å². The molecule has 5 nitrogen and oxygen atoms in total. The molecule has 2 aliphatic heterocycles. The minimum Gasteiger partial charge on any atom is -0.341 e. The van der Waals surface area contributed by atoms with Crippen molar-refractivity contribution in [1.29, 1.82) is 0 Å².